The first-order chi connectivity index (χ1) is 9.08. The van der Waals surface area contributed by atoms with E-state index >= 15 is 0 Å². The number of aryl methyl sites for hydroxylation is 1. The van der Waals surface area contributed by atoms with Crippen molar-refractivity contribution in [1.82, 2.24) is 14.5 Å². The molecule has 0 unspecified atom stereocenters. The Morgan fingerprint density at radius 1 is 1.26 bits per heavy atom. The highest BCUT2D eigenvalue weighted by atomic mass is 79.9. The molecule has 0 fully saturated rings. The summed E-state index contributed by atoms with van der Waals surface area (Å²) in [7, 11) is -3.40. The van der Waals surface area contributed by atoms with Gasteiger partial charge >= 0.3 is 0 Å². The Hall–Kier alpha value is -1.18. The van der Waals surface area contributed by atoms with Crippen LogP contribution in [0, 0.1) is 0 Å². The molecular formula is C12H14BrN3O2S. The number of rotatable bonds is 6. The maximum Gasteiger partial charge on any atom is 0.240 e. The van der Waals surface area contributed by atoms with Crippen LogP contribution in [0.5, 0.6) is 0 Å². The number of nitrogens with one attached hydrogen (secondary N) is 1. The standard InChI is InChI=1S/C12H14BrN3O2S/c13-11-9-14-16(10-11)8-4-7-15-19(17,18)12-5-2-1-3-6-12/h1-3,5-6,9-10,15H,4,7-8H2. The van der Waals surface area contributed by atoms with Gasteiger partial charge in [0, 0.05) is 19.3 Å². The third kappa shape index (κ3) is 4.15. The normalized spacial score (nSPS) is 11.6. The van der Waals surface area contributed by atoms with Crippen LogP contribution in [-0.4, -0.2) is 24.7 Å². The molecule has 5 nitrogen and oxygen atoms in total. The molecule has 102 valence electrons. The summed E-state index contributed by atoms with van der Waals surface area (Å²) in [6.07, 6.45) is 4.24. The van der Waals surface area contributed by atoms with E-state index in [4.69, 9.17) is 0 Å². The summed E-state index contributed by atoms with van der Waals surface area (Å²) in [6, 6.07) is 8.35. The Kier molecular flexibility index (Phi) is 4.73. The van der Waals surface area contributed by atoms with Gasteiger partial charge in [-0.15, -0.1) is 0 Å². The fourth-order valence-electron chi connectivity index (χ4n) is 1.59. The summed E-state index contributed by atoms with van der Waals surface area (Å²) in [4.78, 5) is 0.289. The van der Waals surface area contributed by atoms with Gasteiger partial charge < -0.3 is 0 Å². The van der Waals surface area contributed by atoms with E-state index in [2.05, 4.69) is 25.8 Å². The number of benzene rings is 1. The summed E-state index contributed by atoms with van der Waals surface area (Å²) in [6.45, 7) is 1.05. The van der Waals surface area contributed by atoms with E-state index in [9.17, 15) is 8.42 Å². The summed E-state index contributed by atoms with van der Waals surface area (Å²) in [5, 5.41) is 4.10. The minimum absolute atomic E-state index is 0.289. The van der Waals surface area contributed by atoms with Crippen LogP contribution in [0.25, 0.3) is 0 Å². The number of hydrogen-bond acceptors (Lipinski definition) is 3. The molecule has 0 spiro atoms. The maximum absolute atomic E-state index is 11.9. The minimum Gasteiger partial charge on any atom is -0.272 e. The quantitative estimate of drug-likeness (QED) is 0.816. The van der Waals surface area contributed by atoms with E-state index in [0.717, 1.165) is 4.47 Å². The fourth-order valence-corrected chi connectivity index (χ4v) is 3.01. The first kappa shape index (κ1) is 14.2. The Labute approximate surface area is 120 Å². The van der Waals surface area contributed by atoms with Gasteiger partial charge in [0.05, 0.1) is 15.6 Å². The number of sulfonamides is 1. The first-order valence-electron chi connectivity index (χ1n) is 5.80. The molecule has 0 aliphatic heterocycles. The average Bonchev–Trinajstić information content (AvgIpc) is 2.82. The van der Waals surface area contributed by atoms with Crippen molar-refractivity contribution in [2.75, 3.05) is 6.54 Å². The van der Waals surface area contributed by atoms with Gasteiger partial charge in [-0.05, 0) is 34.5 Å². The molecule has 0 aliphatic carbocycles. The predicted octanol–water partition coefficient (Wildman–Crippen LogP) is 2.01. The molecule has 1 N–H and O–H groups in total. The molecule has 2 aromatic rings. The topological polar surface area (TPSA) is 64.0 Å². The van der Waals surface area contributed by atoms with Crippen LogP contribution in [0.15, 0.2) is 52.1 Å². The van der Waals surface area contributed by atoms with Crippen molar-refractivity contribution in [1.29, 1.82) is 0 Å². The molecule has 0 saturated heterocycles. The van der Waals surface area contributed by atoms with Gasteiger partial charge in [0.1, 0.15) is 0 Å². The molecule has 19 heavy (non-hydrogen) atoms. The van der Waals surface area contributed by atoms with Crippen LogP contribution >= 0.6 is 15.9 Å². The molecule has 0 saturated carbocycles. The van der Waals surface area contributed by atoms with Crippen LogP contribution in [0.4, 0.5) is 0 Å². The van der Waals surface area contributed by atoms with Crippen LogP contribution in [-0.2, 0) is 16.6 Å². The third-order valence-corrected chi connectivity index (χ3v) is 4.40. The number of nitrogens with zero attached hydrogens (tertiary/aromatic N) is 2. The highest BCUT2D eigenvalue weighted by Crippen LogP contribution is 2.08. The van der Waals surface area contributed by atoms with Gasteiger partial charge in [0.15, 0.2) is 0 Å². The Balaban J connectivity index is 1.82. The maximum atomic E-state index is 11.9. The molecule has 1 aromatic heterocycles. The third-order valence-electron chi connectivity index (χ3n) is 2.51. The zero-order chi connectivity index (χ0) is 13.7. The van der Waals surface area contributed by atoms with Crippen molar-refractivity contribution < 1.29 is 8.42 Å². The number of aromatic nitrogens is 2. The minimum atomic E-state index is -3.40. The summed E-state index contributed by atoms with van der Waals surface area (Å²) < 4.78 is 29.1. The molecule has 0 radical (unpaired) electrons. The van der Waals surface area contributed by atoms with Crippen LogP contribution in [0.1, 0.15) is 6.42 Å². The second kappa shape index (κ2) is 6.31. The van der Waals surface area contributed by atoms with E-state index < -0.39 is 10.0 Å². The van der Waals surface area contributed by atoms with E-state index in [0.29, 0.717) is 19.5 Å². The van der Waals surface area contributed by atoms with Crippen LogP contribution in [0.2, 0.25) is 0 Å². The molecule has 2 rings (SSSR count). The van der Waals surface area contributed by atoms with E-state index in [1.807, 2.05) is 6.20 Å². The van der Waals surface area contributed by atoms with Crippen LogP contribution in [0.3, 0.4) is 0 Å². The van der Waals surface area contributed by atoms with E-state index in [1.54, 1.807) is 41.2 Å². The molecule has 0 bridgehead atoms. The molecule has 1 heterocycles. The Morgan fingerprint density at radius 3 is 2.63 bits per heavy atom. The SMILES string of the molecule is O=S(=O)(NCCCn1cc(Br)cn1)c1ccccc1. The van der Waals surface area contributed by atoms with Crippen molar-refractivity contribution in [2.24, 2.45) is 0 Å². The molecule has 1 aromatic carbocycles. The van der Waals surface area contributed by atoms with Gasteiger partial charge in [-0.2, -0.15) is 5.10 Å². The predicted molar refractivity (Wildman–Crippen MR) is 76.2 cm³/mol. The van der Waals surface area contributed by atoms with Gasteiger partial charge in [-0.3, -0.25) is 4.68 Å². The molecule has 0 atom stereocenters. The van der Waals surface area contributed by atoms with Crippen molar-refractivity contribution in [3.8, 4) is 0 Å². The second-order valence-electron chi connectivity index (χ2n) is 3.99. The zero-order valence-corrected chi connectivity index (χ0v) is 12.6. The smallest absolute Gasteiger partial charge is 0.240 e. The van der Waals surface area contributed by atoms with Gasteiger partial charge in [-0.25, -0.2) is 13.1 Å². The van der Waals surface area contributed by atoms with E-state index in [-0.39, 0.29) is 4.90 Å². The monoisotopic (exact) mass is 343 g/mol. The lowest BCUT2D eigenvalue weighted by molar-refractivity contribution is 0.553. The van der Waals surface area contributed by atoms with Gasteiger partial charge in [0.2, 0.25) is 10.0 Å². The van der Waals surface area contributed by atoms with E-state index in [1.165, 1.54) is 0 Å². The van der Waals surface area contributed by atoms with Crippen LogP contribution < -0.4 is 4.72 Å². The molecule has 0 amide bonds. The summed E-state index contributed by atoms with van der Waals surface area (Å²) >= 11 is 3.31. The fraction of sp³-hybridized carbons (Fsp3) is 0.250. The second-order valence-corrected chi connectivity index (χ2v) is 6.67. The van der Waals surface area contributed by atoms with Gasteiger partial charge in [0.25, 0.3) is 0 Å². The zero-order valence-electron chi connectivity index (χ0n) is 10.2. The number of halogens is 1. The Morgan fingerprint density at radius 2 is 2.00 bits per heavy atom. The van der Waals surface area contributed by atoms with Crippen molar-refractivity contribution in [2.45, 2.75) is 17.9 Å². The Bertz CT molecular complexity index is 625. The first-order valence-corrected chi connectivity index (χ1v) is 8.08. The lowest BCUT2D eigenvalue weighted by Gasteiger charge is -2.06. The molecule has 0 aliphatic rings. The van der Waals surface area contributed by atoms with Crippen molar-refractivity contribution >= 4 is 26.0 Å². The molecule has 7 heteroatoms. The van der Waals surface area contributed by atoms with Crippen molar-refractivity contribution in [3.63, 3.8) is 0 Å². The largest absolute Gasteiger partial charge is 0.272 e. The molecular weight excluding hydrogens is 330 g/mol. The highest BCUT2D eigenvalue weighted by Gasteiger charge is 2.11. The average molecular weight is 344 g/mol. The summed E-state index contributed by atoms with van der Waals surface area (Å²) in [5.74, 6) is 0. The lowest BCUT2D eigenvalue weighted by atomic mass is 10.4. The van der Waals surface area contributed by atoms with Gasteiger partial charge in [-0.1, -0.05) is 18.2 Å². The summed E-state index contributed by atoms with van der Waals surface area (Å²) in [5.41, 5.74) is 0. The van der Waals surface area contributed by atoms with Crippen molar-refractivity contribution in [3.05, 3.63) is 47.2 Å². The lowest BCUT2D eigenvalue weighted by Crippen LogP contribution is -2.25. The highest BCUT2D eigenvalue weighted by molar-refractivity contribution is 9.10. The number of hydrogen-bond donors (Lipinski definition) is 1.